The predicted octanol–water partition coefficient (Wildman–Crippen LogP) is 3.90. The van der Waals surface area contributed by atoms with Crippen LogP contribution >= 0.6 is 0 Å². The summed E-state index contributed by atoms with van der Waals surface area (Å²) in [4.78, 5) is 26.3. The van der Waals surface area contributed by atoms with Gasteiger partial charge in [0.05, 0.1) is 12.7 Å². The summed E-state index contributed by atoms with van der Waals surface area (Å²) in [6, 6.07) is 20.6. The summed E-state index contributed by atoms with van der Waals surface area (Å²) < 4.78 is 11.2. The van der Waals surface area contributed by atoms with E-state index in [9.17, 15) is 9.59 Å². The van der Waals surface area contributed by atoms with Crippen molar-refractivity contribution in [3.63, 3.8) is 0 Å². The Labute approximate surface area is 177 Å². The first kappa shape index (κ1) is 20.4. The van der Waals surface area contributed by atoms with Gasteiger partial charge in [0, 0.05) is 25.7 Å². The average Bonchev–Trinajstić information content (AvgIpc) is 3.06. The van der Waals surface area contributed by atoms with Gasteiger partial charge in [-0.15, -0.1) is 0 Å². The van der Waals surface area contributed by atoms with Crippen molar-refractivity contribution in [1.82, 2.24) is 4.90 Å². The van der Waals surface area contributed by atoms with Crippen LogP contribution < -0.4 is 0 Å². The summed E-state index contributed by atoms with van der Waals surface area (Å²) in [6.45, 7) is 2.20. The molecule has 0 radical (unpaired) electrons. The standard InChI is InChI=1S/C25H27NO4/c27-24-17-23(25(28)26(24)18-19-11-14-29-15-12-19)30-16-13-22(20-7-3-1-4-8-20)21-9-5-2-6-10-21/h1-10,17,19,22H,11-16,18H2. The minimum absolute atomic E-state index is 0.159. The second-order valence-electron chi connectivity index (χ2n) is 7.83. The van der Waals surface area contributed by atoms with Crippen LogP contribution in [0.3, 0.4) is 0 Å². The molecule has 2 heterocycles. The van der Waals surface area contributed by atoms with Gasteiger partial charge in [0.25, 0.3) is 11.8 Å². The summed E-state index contributed by atoms with van der Waals surface area (Å²) in [6.07, 6.45) is 3.81. The van der Waals surface area contributed by atoms with E-state index in [0.29, 0.717) is 38.7 Å². The van der Waals surface area contributed by atoms with Crippen molar-refractivity contribution in [2.24, 2.45) is 5.92 Å². The van der Waals surface area contributed by atoms with Crippen LogP contribution in [0.15, 0.2) is 72.5 Å². The lowest BCUT2D eigenvalue weighted by atomic mass is 9.89. The van der Waals surface area contributed by atoms with Gasteiger partial charge in [-0.1, -0.05) is 60.7 Å². The van der Waals surface area contributed by atoms with E-state index in [2.05, 4.69) is 24.3 Å². The van der Waals surface area contributed by atoms with E-state index in [0.717, 1.165) is 12.8 Å². The van der Waals surface area contributed by atoms with Crippen LogP contribution in [-0.2, 0) is 19.1 Å². The number of benzene rings is 2. The van der Waals surface area contributed by atoms with Crippen molar-refractivity contribution in [1.29, 1.82) is 0 Å². The maximum Gasteiger partial charge on any atom is 0.295 e. The molecule has 2 amide bonds. The van der Waals surface area contributed by atoms with Crippen LogP contribution in [0.1, 0.15) is 36.3 Å². The van der Waals surface area contributed by atoms with Crippen LogP contribution in [0.4, 0.5) is 0 Å². The Bertz CT molecular complexity index is 848. The number of carbonyl (C=O) groups is 2. The van der Waals surface area contributed by atoms with Gasteiger partial charge in [0.2, 0.25) is 0 Å². The minimum atomic E-state index is -0.317. The molecule has 2 aromatic rings. The van der Waals surface area contributed by atoms with E-state index >= 15 is 0 Å². The number of imide groups is 1. The lowest BCUT2D eigenvalue weighted by Gasteiger charge is -2.26. The van der Waals surface area contributed by atoms with E-state index in [1.165, 1.54) is 22.1 Å². The largest absolute Gasteiger partial charge is 0.488 e. The van der Waals surface area contributed by atoms with Crippen molar-refractivity contribution >= 4 is 11.8 Å². The van der Waals surface area contributed by atoms with E-state index < -0.39 is 0 Å². The highest BCUT2D eigenvalue weighted by Gasteiger charge is 2.34. The molecule has 0 saturated carbocycles. The molecule has 30 heavy (non-hydrogen) atoms. The van der Waals surface area contributed by atoms with Crippen LogP contribution in [-0.4, -0.2) is 43.1 Å². The molecular formula is C25H27NO4. The summed E-state index contributed by atoms with van der Waals surface area (Å²) in [5.74, 6) is 0.0389. The molecule has 0 aromatic heterocycles. The number of carbonyl (C=O) groups excluding carboxylic acids is 2. The molecule has 2 aliphatic heterocycles. The molecule has 4 rings (SSSR count). The lowest BCUT2D eigenvalue weighted by Crippen LogP contribution is -2.37. The molecule has 0 N–H and O–H groups in total. The Morgan fingerprint density at radius 1 is 0.933 bits per heavy atom. The number of ether oxygens (including phenoxy) is 2. The monoisotopic (exact) mass is 405 g/mol. The molecule has 0 bridgehead atoms. The SMILES string of the molecule is O=C1C=C(OCCC(c2ccccc2)c2ccccc2)C(=O)N1CC1CCOCC1. The molecule has 0 spiro atoms. The van der Waals surface area contributed by atoms with Crippen LogP contribution in [0.25, 0.3) is 0 Å². The van der Waals surface area contributed by atoms with Crippen LogP contribution in [0, 0.1) is 5.92 Å². The van der Waals surface area contributed by atoms with Gasteiger partial charge >= 0.3 is 0 Å². The molecular weight excluding hydrogens is 378 g/mol. The zero-order valence-electron chi connectivity index (χ0n) is 17.0. The topological polar surface area (TPSA) is 55.8 Å². The highest BCUT2D eigenvalue weighted by Crippen LogP contribution is 2.29. The van der Waals surface area contributed by atoms with Crippen molar-refractivity contribution in [2.75, 3.05) is 26.4 Å². The van der Waals surface area contributed by atoms with Gasteiger partial charge in [0.1, 0.15) is 0 Å². The molecule has 2 aromatic carbocycles. The lowest BCUT2D eigenvalue weighted by molar-refractivity contribution is -0.140. The van der Waals surface area contributed by atoms with Crippen molar-refractivity contribution < 1.29 is 19.1 Å². The van der Waals surface area contributed by atoms with E-state index in [-0.39, 0.29) is 23.5 Å². The fraction of sp³-hybridized carbons (Fsp3) is 0.360. The Kier molecular flexibility index (Phi) is 6.60. The number of nitrogens with zero attached hydrogens (tertiary/aromatic N) is 1. The first-order valence-electron chi connectivity index (χ1n) is 10.6. The second kappa shape index (κ2) is 9.72. The number of hydrogen-bond acceptors (Lipinski definition) is 4. The van der Waals surface area contributed by atoms with Gasteiger partial charge in [-0.3, -0.25) is 14.5 Å². The molecule has 1 saturated heterocycles. The molecule has 5 heteroatoms. The van der Waals surface area contributed by atoms with Crippen molar-refractivity contribution in [3.8, 4) is 0 Å². The predicted molar refractivity (Wildman–Crippen MR) is 114 cm³/mol. The molecule has 5 nitrogen and oxygen atoms in total. The third kappa shape index (κ3) is 4.79. The molecule has 2 aliphatic rings. The summed E-state index contributed by atoms with van der Waals surface area (Å²) in [5.41, 5.74) is 2.41. The van der Waals surface area contributed by atoms with E-state index in [1.807, 2.05) is 36.4 Å². The summed E-state index contributed by atoms with van der Waals surface area (Å²) in [7, 11) is 0. The van der Waals surface area contributed by atoms with Gasteiger partial charge < -0.3 is 9.47 Å². The molecule has 0 atom stereocenters. The highest BCUT2D eigenvalue weighted by atomic mass is 16.5. The first-order chi connectivity index (χ1) is 14.7. The smallest absolute Gasteiger partial charge is 0.295 e. The van der Waals surface area contributed by atoms with Crippen molar-refractivity contribution in [2.45, 2.75) is 25.2 Å². The van der Waals surface area contributed by atoms with E-state index in [4.69, 9.17) is 9.47 Å². The Balaban J connectivity index is 1.37. The third-order valence-corrected chi connectivity index (χ3v) is 5.83. The molecule has 156 valence electrons. The van der Waals surface area contributed by atoms with Crippen LogP contribution in [0.5, 0.6) is 0 Å². The minimum Gasteiger partial charge on any atom is -0.488 e. The van der Waals surface area contributed by atoms with Crippen LogP contribution in [0.2, 0.25) is 0 Å². The third-order valence-electron chi connectivity index (χ3n) is 5.83. The Morgan fingerprint density at radius 2 is 1.53 bits per heavy atom. The van der Waals surface area contributed by atoms with Gasteiger partial charge in [-0.05, 0) is 36.3 Å². The maximum absolute atomic E-state index is 12.7. The summed E-state index contributed by atoms with van der Waals surface area (Å²) >= 11 is 0. The highest BCUT2D eigenvalue weighted by molar-refractivity contribution is 6.15. The fourth-order valence-electron chi connectivity index (χ4n) is 4.13. The average molecular weight is 405 g/mol. The Morgan fingerprint density at radius 3 is 2.13 bits per heavy atom. The van der Waals surface area contributed by atoms with Gasteiger partial charge in [-0.2, -0.15) is 0 Å². The first-order valence-corrected chi connectivity index (χ1v) is 10.6. The van der Waals surface area contributed by atoms with Crippen molar-refractivity contribution in [3.05, 3.63) is 83.6 Å². The molecule has 1 fully saturated rings. The normalized spacial score (nSPS) is 17.5. The fourth-order valence-corrected chi connectivity index (χ4v) is 4.13. The van der Waals surface area contributed by atoms with E-state index in [1.54, 1.807) is 0 Å². The number of rotatable bonds is 8. The maximum atomic E-state index is 12.7. The Hall–Kier alpha value is -2.92. The quantitative estimate of drug-likeness (QED) is 0.625. The number of hydrogen-bond donors (Lipinski definition) is 0. The van der Waals surface area contributed by atoms with Gasteiger partial charge in [0.15, 0.2) is 5.76 Å². The zero-order valence-corrected chi connectivity index (χ0v) is 17.0. The number of amides is 2. The molecule has 0 unspecified atom stereocenters. The summed E-state index contributed by atoms with van der Waals surface area (Å²) in [5, 5.41) is 0. The second-order valence-corrected chi connectivity index (χ2v) is 7.83. The molecule has 0 aliphatic carbocycles. The zero-order chi connectivity index (χ0) is 20.8. The van der Waals surface area contributed by atoms with Gasteiger partial charge in [-0.25, -0.2) is 0 Å².